The molecule has 1 atom stereocenters. The van der Waals surface area contributed by atoms with Gasteiger partial charge in [-0.05, 0) is 29.7 Å². The van der Waals surface area contributed by atoms with Crippen molar-refractivity contribution in [3.63, 3.8) is 0 Å². The van der Waals surface area contributed by atoms with Crippen LogP contribution in [-0.2, 0) is 22.6 Å². The summed E-state index contributed by atoms with van der Waals surface area (Å²) in [5.41, 5.74) is 7.81. The van der Waals surface area contributed by atoms with Gasteiger partial charge in [0.1, 0.15) is 18.4 Å². The quantitative estimate of drug-likeness (QED) is 0.827. The standard InChI is InChI=1S/C17H19NO3/c1-20-17(19)16(18)11-14-8-5-9-15(10-14)21-12-13-6-3-2-4-7-13/h2-10,16H,11-12,18H2,1H3/t16-/m0/s1. The Hall–Kier alpha value is -2.33. The molecule has 0 saturated heterocycles. The molecule has 0 heterocycles. The summed E-state index contributed by atoms with van der Waals surface area (Å²) < 4.78 is 10.4. The van der Waals surface area contributed by atoms with Crippen molar-refractivity contribution in [1.82, 2.24) is 0 Å². The molecular weight excluding hydrogens is 266 g/mol. The third-order valence-electron chi connectivity index (χ3n) is 3.11. The Morgan fingerprint density at radius 2 is 1.81 bits per heavy atom. The van der Waals surface area contributed by atoms with E-state index in [0.717, 1.165) is 16.9 Å². The number of methoxy groups -OCH3 is 1. The van der Waals surface area contributed by atoms with Gasteiger partial charge in [-0.2, -0.15) is 0 Å². The lowest BCUT2D eigenvalue weighted by atomic mass is 10.1. The van der Waals surface area contributed by atoms with E-state index in [1.165, 1.54) is 7.11 Å². The number of rotatable bonds is 6. The molecule has 0 unspecified atom stereocenters. The SMILES string of the molecule is COC(=O)[C@@H](N)Cc1cccc(OCc2ccccc2)c1. The number of ether oxygens (including phenoxy) is 2. The number of carbonyl (C=O) groups excluding carboxylic acids is 1. The number of hydrogen-bond acceptors (Lipinski definition) is 4. The maximum atomic E-state index is 11.3. The van der Waals surface area contributed by atoms with Gasteiger partial charge in [-0.15, -0.1) is 0 Å². The molecule has 0 bridgehead atoms. The summed E-state index contributed by atoms with van der Waals surface area (Å²) in [7, 11) is 1.33. The van der Waals surface area contributed by atoms with Crippen LogP contribution < -0.4 is 10.5 Å². The average molecular weight is 285 g/mol. The normalized spacial score (nSPS) is 11.7. The van der Waals surface area contributed by atoms with Gasteiger partial charge in [-0.3, -0.25) is 4.79 Å². The average Bonchev–Trinajstić information content (AvgIpc) is 2.53. The molecule has 2 aromatic carbocycles. The van der Waals surface area contributed by atoms with Crippen LogP contribution in [-0.4, -0.2) is 19.1 Å². The first-order valence-electron chi connectivity index (χ1n) is 6.78. The van der Waals surface area contributed by atoms with E-state index in [4.69, 9.17) is 10.5 Å². The van der Waals surface area contributed by atoms with Crippen LogP contribution >= 0.6 is 0 Å². The predicted octanol–water partition coefficient (Wildman–Crippen LogP) is 2.31. The fraction of sp³-hybridized carbons (Fsp3) is 0.235. The van der Waals surface area contributed by atoms with E-state index >= 15 is 0 Å². The molecule has 2 aromatic rings. The van der Waals surface area contributed by atoms with Crippen LogP contribution in [0, 0.1) is 0 Å². The fourth-order valence-electron chi connectivity index (χ4n) is 1.99. The second-order valence-electron chi connectivity index (χ2n) is 4.76. The number of esters is 1. The predicted molar refractivity (Wildman–Crippen MR) is 80.9 cm³/mol. The van der Waals surface area contributed by atoms with E-state index in [1.54, 1.807) is 0 Å². The molecule has 21 heavy (non-hydrogen) atoms. The van der Waals surface area contributed by atoms with E-state index in [1.807, 2.05) is 54.6 Å². The molecule has 0 spiro atoms. The molecule has 0 fully saturated rings. The summed E-state index contributed by atoms with van der Waals surface area (Å²) in [5.74, 6) is 0.346. The molecule has 0 saturated carbocycles. The Balaban J connectivity index is 1.96. The van der Waals surface area contributed by atoms with Gasteiger partial charge in [0.15, 0.2) is 0 Å². The fourth-order valence-corrected chi connectivity index (χ4v) is 1.99. The zero-order chi connectivity index (χ0) is 15.1. The second-order valence-corrected chi connectivity index (χ2v) is 4.76. The Morgan fingerprint density at radius 1 is 1.10 bits per heavy atom. The lowest BCUT2D eigenvalue weighted by Crippen LogP contribution is -2.33. The lowest BCUT2D eigenvalue weighted by molar-refractivity contribution is -0.142. The molecular formula is C17H19NO3. The first-order chi connectivity index (χ1) is 10.2. The number of benzene rings is 2. The van der Waals surface area contributed by atoms with Crippen LogP contribution in [0.1, 0.15) is 11.1 Å². The maximum absolute atomic E-state index is 11.3. The van der Waals surface area contributed by atoms with Crippen molar-refractivity contribution in [1.29, 1.82) is 0 Å². The second kappa shape index (κ2) is 7.45. The molecule has 0 radical (unpaired) electrons. The third kappa shape index (κ3) is 4.61. The molecule has 0 aromatic heterocycles. The maximum Gasteiger partial charge on any atom is 0.322 e. The van der Waals surface area contributed by atoms with E-state index in [-0.39, 0.29) is 0 Å². The van der Waals surface area contributed by atoms with E-state index < -0.39 is 12.0 Å². The largest absolute Gasteiger partial charge is 0.489 e. The van der Waals surface area contributed by atoms with Crippen LogP contribution in [0.15, 0.2) is 54.6 Å². The Kier molecular flexibility index (Phi) is 5.35. The van der Waals surface area contributed by atoms with E-state index in [0.29, 0.717) is 13.0 Å². The summed E-state index contributed by atoms with van der Waals surface area (Å²) in [5, 5.41) is 0. The lowest BCUT2D eigenvalue weighted by Gasteiger charge is -2.11. The van der Waals surface area contributed by atoms with Crippen molar-refractivity contribution in [2.75, 3.05) is 7.11 Å². The highest BCUT2D eigenvalue weighted by Gasteiger charge is 2.14. The van der Waals surface area contributed by atoms with E-state index in [9.17, 15) is 4.79 Å². The van der Waals surface area contributed by atoms with Crippen molar-refractivity contribution in [3.05, 3.63) is 65.7 Å². The van der Waals surface area contributed by atoms with Crippen molar-refractivity contribution in [3.8, 4) is 5.75 Å². The van der Waals surface area contributed by atoms with Crippen molar-refractivity contribution in [2.24, 2.45) is 5.73 Å². The summed E-state index contributed by atoms with van der Waals surface area (Å²) in [6.45, 7) is 0.507. The highest BCUT2D eigenvalue weighted by molar-refractivity contribution is 5.75. The first kappa shape index (κ1) is 15.1. The molecule has 4 heteroatoms. The molecule has 2 N–H and O–H groups in total. The van der Waals surface area contributed by atoms with Gasteiger partial charge in [0, 0.05) is 0 Å². The summed E-state index contributed by atoms with van der Waals surface area (Å²) >= 11 is 0. The van der Waals surface area contributed by atoms with Crippen LogP contribution in [0.2, 0.25) is 0 Å². The minimum atomic E-state index is -0.653. The van der Waals surface area contributed by atoms with Crippen LogP contribution in [0.5, 0.6) is 5.75 Å². The number of carbonyl (C=O) groups is 1. The van der Waals surface area contributed by atoms with Gasteiger partial charge in [0.25, 0.3) is 0 Å². The monoisotopic (exact) mass is 285 g/mol. The molecule has 0 aliphatic rings. The molecule has 0 aliphatic carbocycles. The topological polar surface area (TPSA) is 61.5 Å². The summed E-state index contributed by atoms with van der Waals surface area (Å²) in [6, 6.07) is 16.9. The van der Waals surface area contributed by atoms with Gasteiger partial charge < -0.3 is 15.2 Å². The van der Waals surface area contributed by atoms with Gasteiger partial charge in [0.2, 0.25) is 0 Å². The zero-order valence-electron chi connectivity index (χ0n) is 12.0. The zero-order valence-corrected chi connectivity index (χ0v) is 12.0. The Morgan fingerprint density at radius 3 is 2.52 bits per heavy atom. The van der Waals surface area contributed by atoms with Crippen molar-refractivity contribution in [2.45, 2.75) is 19.1 Å². The third-order valence-corrected chi connectivity index (χ3v) is 3.11. The Bertz CT molecular complexity index is 584. The molecule has 4 nitrogen and oxygen atoms in total. The van der Waals surface area contributed by atoms with Crippen LogP contribution in [0.25, 0.3) is 0 Å². The van der Waals surface area contributed by atoms with Crippen LogP contribution in [0.3, 0.4) is 0 Å². The summed E-state index contributed by atoms with van der Waals surface area (Å²) in [4.78, 5) is 11.3. The highest BCUT2D eigenvalue weighted by Crippen LogP contribution is 2.16. The van der Waals surface area contributed by atoms with Crippen LogP contribution in [0.4, 0.5) is 0 Å². The first-order valence-corrected chi connectivity index (χ1v) is 6.78. The Labute approximate surface area is 124 Å². The minimum Gasteiger partial charge on any atom is -0.489 e. The summed E-state index contributed by atoms with van der Waals surface area (Å²) in [6.07, 6.45) is 0.426. The van der Waals surface area contributed by atoms with Crippen molar-refractivity contribution < 1.29 is 14.3 Å². The minimum absolute atomic E-state index is 0.411. The molecule has 0 aliphatic heterocycles. The van der Waals surface area contributed by atoms with Gasteiger partial charge >= 0.3 is 5.97 Å². The smallest absolute Gasteiger partial charge is 0.322 e. The van der Waals surface area contributed by atoms with Crippen molar-refractivity contribution >= 4 is 5.97 Å². The van der Waals surface area contributed by atoms with Gasteiger partial charge in [-0.25, -0.2) is 0 Å². The molecule has 2 rings (SSSR count). The molecule has 0 amide bonds. The van der Waals surface area contributed by atoms with E-state index in [2.05, 4.69) is 4.74 Å². The van der Waals surface area contributed by atoms with Gasteiger partial charge in [0.05, 0.1) is 7.11 Å². The van der Waals surface area contributed by atoms with Gasteiger partial charge in [-0.1, -0.05) is 42.5 Å². The molecule has 110 valence electrons. The highest BCUT2D eigenvalue weighted by atomic mass is 16.5. The number of hydrogen-bond donors (Lipinski definition) is 1. The number of nitrogens with two attached hydrogens (primary N) is 1.